The monoisotopic (exact) mass is 590 g/mol. The zero-order valence-corrected chi connectivity index (χ0v) is 27.4. The molecule has 0 N–H and O–H groups in total. The first-order chi connectivity index (χ1) is 20.3. The van der Waals surface area contributed by atoms with E-state index < -0.39 is 0 Å². The van der Waals surface area contributed by atoms with Crippen molar-refractivity contribution in [3.8, 4) is 0 Å². The Bertz CT molecular complexity index is 886. The van der Waals surface area contributed by atoms with Crippen LogP contribution in [0.25, 0.3) is 0 Å². The van der Waals surface area contributed by atoms with Crippen LogP contribution in [-0.4, -0.2) is 6.16 Å². The quantitative estimate of drug-likeness (QED) is 0.0718. The van der Waals surface area contributed by atoms with Crippen LogP contribution in [0.15, 0.2) is 91.0 Å². The summed E-state index contributed by atoms with van der Waals surface area (Å²) in [7, 11) is 0.623. The van der Waals surface area contributed by atoms with E-state index in [-0.39, 0.29) is 5.41 Å². The van der Waals surface area contributed by atoms with Crippen molar-refractivity contribution in [2.45, 2.75) is 122 Å². The molecule has 0 bridgehead atoms. The normalized spacial score (nSPS) is 11.9. The van der Waals surface area contributed by atoms with Gasteiger partial charge in [-0.1, -0.05) is 181 Å². The van der Waals surface area contributed by atoms with Crippen molar-refractivity contribution < 1.29 is 0 Å². The van der Waals surface area contributed by atoms with Crippen LogP contribution in [0, 0.1) is 5.41 Å². The summed E-state index contributed by atoms with van der Waals surface area (Å²) in [5.74, 6) is 0. The van der Waals surface area contributed by atoms with Gasteiger partial charge in [-0.2, -0.15) is 0 Å². The molecule has 0 fully saturated rings. The molecule has 0 radical (unpaired) electrons. The van der Waals surface area contributed by atoms with Gasteiger partial charge in [-0.15, -0.1) is 11.2 Å². The molecule has 224 valence electrons. The minimum absolute atomic E-state index is 0.245. The van der Waals surface area contributed by atoms with Crippen molar-refractivity contribution in [1.82, 2.24) is 0 Å². The molecule has 0 heterocycles. The Morgan fingerprint density at radius 3 is 1.00 bits per heavy atom. The third kappa shape index (κ3) is 15.4. The maximum absolute atomic E-state index is 5.79. The van der Waals surface area contributed by atoms with E-state index in [0.717, 1.165) is 19.3 Å². The Labute approximate surface area is 259 Å². The van der Waals surface area contributed by atoms with Crippen LogP contribution in [0.2, 0.25) is 0 Å². The summed E-state index contributed by atoms with van der Waals surface area (Å²) in [5.41, 5.74) is 4.67. The van der Waals surface area contributed by atoms with E-state index in [1.54, 1.807) is 0 Å². The van der Waals surface area contributed by atoms with Gasteiger partial charge in [0.15, 0.2) is 0 Å². The SMILES string of the molecule is ClPCCCCCCCCCCCCCCCCCC(Cc1ccccc1)(Cc1ccccc1)Cc1ccccc1. The molecule has 2 heteroatoms. The molecule has 3 aromatic rings. The highest BCUT2D eigenvalue weighted by Gasteiger charge is 2.30. The van der Waals surface area contributed by atoms with Crippen LogP contribution < -0.4 is 0 Å². The lowest BCUT2D eigenvalue weighted by atomic mass is 9.69. The van der Waals surface area contributed by atoms with Crippen LogP contribution in [0.1, 0.15) is 119 Å². The second-order valence-electron chi connectivity index (χ2n) is 12.4. The largest absolute Gasteiger partial charge is 0.100 e. The summed E-state index contributed by atoms with van der Waals surface area (Å²) in [6.45, 7) is 0. The highest BCUT2D eigenvalue weighted by molar-refractivity contribution is 7.68. The van der Waals surface area contributed by atoms with Gasteiger partial charge in [0.2, 0.25) is 0 Å². The zero-order chi connectivity index (χ0) is 28.7. The topological polar surface area (TPSA) is 0 Å². The van der Waals surface area contributed by atoms with Crippen LogP contribution in [0.3, 0.4) is 0 Å². The van der Waals surface area contributed by atoms with Crippen molar-refractivity contribution in [2.24, 2.45) is 5.41 Å². The predicted molar refractivity (Wildman–Crippen MR) is 186 cm³/mol. The Kier molecular flexibility index (Phi) is 18.2. The zero-order valence-electron chi connectivity index (χ0n) is 25.7. The standard InChI is InChI=1S/C39H56ClP/c40-41-32-24-13-11-9-7-5-3-1-2-4-6-8-10-12-23-31-39(33-36-25-17-14-18-26-36,34-37-27-19-15-20-28-37)35-38-29-21-16-22-30-38/h14-22,25-30,41H,1-13,23-24,31-35H2. The van der Waals surface area contributed by atoms with Crippen LogP contribution in [0.5, 0.6) is 0 Å². The fourth-order valence-electron chi connectivity index (χ4n) is 6.53. The summed E-state index contributed by atoms with van der Waals surface area (Å²) in [4.78, 5) is 0. The molecular formula is C39H56ClP. The molecule has 0 spiro atoms. The highest BCUT2D eigenvalue weighted by atomic mass is 35.7. The lowest BCUT2D eigenvalue weighted by molar-refractivity contribution is 0.243. The van der Waals surface area contributed by atoms with E-state index in [0.29, 0.717) is 7.93 Å². The van der Waals surface area contributed by atoms with Crippen molar-refractivity contribution in [1.29, 1.82) is 0 Å². The first-order valence-corrected chi connectivity index (χ1v) is 19.0. The molecule has 3 aromatic carbocycles. The summed E-state index contributed by atoms with van der Waals surface area (Å²) in [5, 5.41) is 0. The van der Waals surface area contributed by atoms with Gasteiger partial charge < -0.3 is 0 Å². The number of halogens is 1. The molecule has 0 aliphatic heterocycles. The summed E-state index contributed by atoms with van der Waals surface area (Å²) in [6, 6.07) is 33.6. The summed E-state index contributed by atoms with van der Waals surface area (Å²) in [6.07, 6.45) is 27.0. The number of benzene rings is 3. The van der Waals surface area contributed by atoms with E-state index in [1.807, 2.05) is 0 Å². The smallest absolute Gasteiger partial charge is 0.0176 e. The van der Waals surface area contributed by atoms with E-state index in [9.17, 15) is 0 Å². The van der Waals surface area contributed by atoms with Crippen LogP contribution in [0.4, 0.5) is 0 Å². The van der Waals surface area contributed by atoms with Gasteiger partial charge in [-0.05, 0) is 68.3 Å². The average molecular weight is 591 g/mol. The maximum Gasteiger partial charge on any atom is -0.0176 e. The second kappa shape index (κ2) is 22.0. The minimum atomic E-state index is 0.245. The number of rotatable bonds is 24. The van der Waals surface area contributed by atoms with E-state index in [1.165, 1.54) is 126 Å². The Morgan fingerprint density at radius 1 is 0.390 bits per heavy atom. The van der Waals surface area contributed by atoms with Gasteiger partial charge in [-0.3, -0.25) is 0 Å². The van der Waals surface area contributed by atoms with Crippen molar-refractivity contribution in [3.63, 3.8) is 0 Å². The van der Waals surface area contributed by atoms with Crippen LogP contribution >= 0.6 is 19.2 Å². The van der Waals surface area contributed by atoms with Gasteiger partial charge in [-0.25, -0.2) is 0 Å². The molecule has 0 aliphatic rings. The average Bonchev–Trinajstić information content (AvgIpc) is 3.00. The highest BCUT2D eigenvalue weighted by Crippen LogP contribution is 2.37. The van der Waals surface area contributed by atoms with E-state index in [2.05, 4.69) is 91.0 Å². The van der Waals surface area contributed by atoms with Crippen LogP contribution in [-0.2, 0) is 19.3 Å². The van der Waals surface area contributed by atoms with Gasteiger partial charge in [0.25, 0.3) is 0 Å². The number of hydrogen-bond donors (Lipinski definition) is 0. The van der Waals surface area contributed by atoms with Crippen molar-refractivity contribution >= 4 is 19.2 Å². The Morgan fingerprint density at radius 2 is 0.683 bits per heavy atom. The van der Waals surface area contributed by atoms with Gasteiger partial charge in [0.1, 0.15) is 0 Å². The molecule has 0 aliphatic carbocycles. The molecule has 0 amide bonds. The van der Waals surface area contributed by atoms with Crippen molar-refractivity contribution in [3.05, 3.63) is 108 Å². The second-order valence-corrected chi connectivity index (χ2v) is 14.0. The molecule has 0 saturated carbocycles. The maximum atomic E-state index is 5.79. The molecule has 0 saturated heterocycles. The third-order valence-corrected chi connectivity index (χ3v) is 9.85. The summed E-state index contributed by atoms with van der Waals surface area (Å²) < 4.78 is 0. The Hall–Kier alpha value is -1.62. The number of unbranched alkanes of at least 4 members (excludes halogenated alkanes) is 14. The Balaban J connectivity index is 1.39. The van der Waals surface area contributed by atoms with Crippen molar-refractivity contribution in [2.75, 3.05) is 6.16 Å². The molecular weight excluding hydrogens is 535 g/mol. The third-order valence-electron chi connectivity index (χ3n) is 8.74. The lowest BCUT2D eigenvalue weighted by Crippen LogP contribution is -2.30. The molecule has 1 atom stereocenters. The van der Waals surface area contributed by atoms with Gasteiger partial charge in [0, 0.05) is 0 Å². The summed E-state index contributed by atoms with van der Waals surface area (Å²) >= 11 is 5.79. The fourth-order valence-corrected chi connectivity index (χ4v) is 7.31. The fraction of sp³-hybridized carbons (Fsp3) is 0.538. The first-order valence-electron chi connectivity index (χ1n) is 16.7. The van der Waals surface area contributed by atoms with Gasteiger partial charge in [0.05, 0.1) is 0 Å². The lowest BCUT2D eigenvalue weighted by Gasteiger charge is -2.35. The number of hydrogen-bond acceptors (Lipinski definition) is 0. The van der Waals surface area contributed by atoms with E-state index >= 15 is 0 Å². The molecule has 0 nitrogen and oxygen atoms in total. The molecule has 3 rings (SSSR count). The minimum Gasteiger partial charge on any atom is -0.100 e. The first kappa shape index (κ1) is 33.9. The molecule has 0 aromatic heterocycles. The van der Waals surface area contributed by atoms with Gasteiger partial charge >= 0.3 is 0 Å². The molecule has 1 unspecified atom stereocenters. The molecule has 41 heavy (non-hydrogen) atoms. The predicted octanol–water partition coefficient (Wildman–Crippen LogP) is 12.8. The van der Waals surface area contributed by atoms with E-state index in [4.69, 9.17) is 11.2 Å².